The molecule has 0 aromatic heterocycles. The Balaban J connectivity index is 2.10. The van der Waals surface area contributed by atoms with Crippen molar-refractivity contribution in [2.24, 2.45) is 5.73 Å². The van der Waals surface area contributed by atoms with Gasteiger partial charge >= 0.3 is 0 Å². The van der Waals surface area contributed by atoms with Crippen LogP contribution >= 0.6 is 0 Å². The van der Waals surface area contributed by atoms with Gasteiger partial charge in [0.05, 0.1) is 0 Å². The topological polar surface area (TPSA) is 54.0 Å². The van der Waals surface area contributed by atoms with Crippen LogP contribution in [-0.4, -0.2) is 143 Å². The van der Waals surface area contributed by atoms with E-state index in [0.29, 0.717) is 5.54 Å². The molecule has 0 saturated carbocycles. The Morgan fingerprint density at radius 2 is 1.33 bits per heavy atom. The van der Waals surface area contributed by atoms with Gasteiger partial charge in [0.2, 0.25) is 0 Å². The third-order valence-corrected chi connectivity index (χ3v) is 8.52. The smallest absolute Gasteiger partial charge is 0.0309 e. The van der Waals surface area contributed by atoms with Crippen molar-refractivity contribution in [2.75, 3.05) is 107 Å². The predicted molar refractivity (Wildman–Crippen MR) is 159 cm³/mol. The molecule has 1 fully saturated rings. The number of nitrogens with two attached hydrogens (primary N) is 1. The molecule has 1 aliphatic rings. The number of rotatable bonds is 24. The van der Waals surface area contributed by atoms with E-state index >= 15 is 0 Å². The molecule has 2 atom stereocenters. The summed E-state index contributed by atoms with van der Waals surface area (Å²) in [7, 11) is 11.1. The SMILES string of the molecule is CNCCCN(C)CCCN(C)C(C)(C)CCCN(C)CCCN1CC1(C)CCCN(C)CCCN. The fraction of sp³-hybridized carbons (Fsp3) is 1.00. The number of hydrogen-bond acceptors (Lipinski definition) is 7. The Bertz CT molecular complexity index is 544. The van der Waals surface area contributed by atoms with E-state index in [0.717, 1.165) is 26.1 Å². The molecule has 3 N–H and O–H groups in total. The summed E-state index contributed by atoms with van der Waals surface area (Å²) < 4.78 is 0. The molecule has 216 valence electrons. The minimum absolute atomic E-state index is 0.269. The first-order chi connectivity index (χ1) is 17.0. The van der Waals surface area contributed by atoms with Crippen molar-refractivity contribution in [1.29, 1.82) is 0 Å². The van der Waals surface area contributed by atoms with Crippen LogP contribution in [0.5, 0.6) is 0 Å². The molecular formula is C29H65N7. The minimum atomic E-state index is 0.269. The molecule has 0 bridgehead atoms. The van der Waals surface area contributed by atoms with Gasteiger partial charge in [0.1, 0.15) is 0 Å². The molecular weight excluding hydrogens is 446 g/mol. The van der Waals surface area contributed by atoms with Crippen molar-refractivity contribution >= 4 is 0 Å². The monoisotopic (exact) mass is 512 g/mol. The molecule has 1 saturated heterocycles. The van der Waals surface area contributed by atoms with E-state index in [1.807, 2.05) is 7.05 Å². The maximum atomic E-state index is 5.63. The Labute approximate surface area is 226 Å². The Morgan fingerprint density at radius 1 is 0.778 bits per heavy atom. The van der Waals surface area contributed by atoms with Crippen LogP contribution in [0.2, 0.25) is 0 Å². The third-order valence-electron chi connectivity index (χ3n) is 8.52. The van der Waals surface area contributed by atoms with Crippen molar-refractivity contribution in [3.05, 3.63) is 0 Å². The highest BCUT2D eigenvalue weighted by Crippen LogP contribution is 2.36. The molecule has 1 heterocycles. The van der Waals surface area contributed by atoms with Gasteiger partial charge in [-0.3, -0.25) is 4.90 Å². The van der Waals surface area contributed by atoms with Gasteiger partial charge < -0.3 is 30.7 Å². The molecule has 0 radical (unpaired) electrons. The largest absolute Gasteiger partial charge is 0.330 e. The van der Waals surface area contributed by atoms with Crippen LogP contribution in [0.1, 0.15) is 72.1 Å². The molecule has 1 aliphatic heterocycles. The average molecular weight is 512 g/mol. The highest BCUT2D eigenvalue weighted by molar-refractivity contribution is 5.03. The Hall–Kier alpha value is -0.280. The van der Waals surface area contributed by atoms with Crippen molar-refractivity contribution in [2.45, 2.75) is 83.2 Å². The van der Waals surface area contributed by atoms with E-state index in [9.17, 15) is 0 Å². The Kier molecular flexibility index (Phi) is 17.0. The molecule has 0 aromatic rings. The van der Waals surface area contributed by atoms with Gasteiger partial charge in [-0.25, -0.2) is 0 Å². The normalized spacial score (nSPS) is 20.4. The maximum absolute atomic E-state index is 5.63. The van der Waals surface area contributed by atoms with Crippen LogP contribution < -0.4 is 11.1 Å². The summed E-state index contributed by atoms with van der Waals surface area (Å²) >= 11 is 0. The van der Waals surface area contributed by atoms with Crippen molar-refractivity contribution in [3.63, 3.8) is 0 Å². The van der Waals surface area contributed by atoms with Crippen LogP contribution in [0.15, 0.2) is 0 Å². The summed E-state index contributed by atoms with van der Waals surface area (Å²) in [6.45, 7) is 20.0. The third kappa shape index (κ3) is 14.6. The van der Waals surface area contributed by atoms with Crippen LogP contribution in [0.4, 0.5) is 0 Å². The number of nitrogens with one attached hydrogen (secondary N) is 1. The van der Waals surface area contributed by atoms with Gasteiger partial charge in [-0.15, -0.1) is 0 Å². The first-order valence-corrected chi connectivity index (χ1v) is 14.9. The van der Waals surface area contributed by atoms with Gasteiger partial charge in [0.25, 0.3) is 0 Å². The van der Waals surface area contributed by atoms with Crippen LogP contribution in [0.3, 0.4) is 0 Å². The van der Waals surface area contributed by atoms with Crippen molar-refractivity contribution < 1.29 is 0 Å². The lowest BCUT2D eigenvalue weighted by Crippen LogP contribution is -2.42. The van der Waals surface area contributed by atoms with E-state index < -0.39 is 0 Å². The second-order valence-electron chi connectivity index (χ2n) is 12.6. The summed E-state index contributed by atoms with van der Waals surface area (Å²) in [4.78, 5) is 12.7. The van der Waals surface area contributed by atoms with Gasteiger partial charge in [0.15, 0.2) is 0 Å². The van der Waals surface area contributed by atoms with Gasteiger partial charge in [-0.05, 0) is 166 Å². The first kappa shape index (κ1) is 33.7. The molecule has 0 aromatic carbocycles. The Morgan fingerprint density at radius 3 is 1.97 bits per heavy atom. The second-order valence-corrected chi connectivity index (χ2v) is 12.6. The summed E-state index contributed by atoms with van der Waals surface area (Å²) in [5, 5.41) is 3.24. The summed E-state index contributed by atoms with van der Waals surface area (Å²) in [5.74, 6) is 0. The van der Waals surface area contributed by atoms with E-state index in [4.69, 9.17) is 5.73 Å². The van der Waals surface area contributed by atoms with E-state index in [-0.39, 0.29) is 5.54 Å². The van der Waals surface area contributed by atoms with Crippen LogP contribution in [0, 0.1) is 0 Å². The average Bonchev–Trinajstić information content (AvgIpc) is 3.46. The van der Waals surface area contributed by atoms with Gasteiger partial charge in [-0.1, -0.05) is 0 Å². The molecule has 0 spiro atoms. The molecule has 1 rings (SSSR count). The minimum Gasteiger partial charge on any atom is -0.330 e. The van der Waals surface area contributed by atoms with Crippen molar-refractivity contribution in [3.8, 4) is 0 Å². The highest BCUT2D eigenvalue weighted by Gasteiger charge is 2.45. The van der Waals surface area contributed by atoms with Crippen molar-refractivity contribution in [1.82, 2.24) is 29.8 Å². The highest BCUT2D eigenvalue weighted by atomic mass is 15.3. The second kappa shape index (κ2) is 18.1. The quantitative estimate of drug-likeness (QED) is 0.153. The molecule has 2 unspecified atom stereocenters. The lowest BCUT2D eigenvalue weighted by molar-refractivity contribution is 0.131. The zero-order valence-corrected chi connectivity index (χ0v) is 25.7. The first-order valence-electron chi connectivity index (χ1n) is 14.9. The molecule has 7 heteroatoms. The molecule has 0 amide bonds. The standard InChI is InChI=1S/C29H65N7/c1-28(2,35(8)25-13-23-34(7)22-12-18-31-4)15-9-19-33(6)24-14-26-36-27-29(36,3)16-10-20-32(5)21-11-17-30/h31H,9-27,30H2,1-8H3. The van der Waals surface area contributed by atoms with Gasteiger partial charge in [0, 0.05) is 24.2 Å². The van der Waals surface area contributed by atoms with E-state index in [1.54, 1.807) is 0 Å². The zero-order valence-electron chi connectivity index (χ0n) is 25.7. The lowest BCUT2D eigenvalue weighted by atomic mass is 9.96. The van der Waals surface area contributed by atoms with Crippen LogP contribution in [0.25, 0.3) is 0 Å². The molecule has 36 heavy (non-hydrogen) atoms. The molecule has 7 nitrogen and oxygen atoms in total. The number of hydrogen-bond donors (Lipinski definition) is 2. The van der Waals surface area contributed by atoms with E-state index in [2.05, 4.69) is 78.8 Å². The summed E-state index contributed by atoms with van der Waals surface area (Å²) in [6, 6.07) is 0. The predicted octanol–water partition coefficient (Wildman–Crippen LogP) is 2.87. The maximum Gasteiger partial charge on any atom is 0.0309 e. The van der Waals surface area contributed by atoms with Crippen LogP contribution in [-0.2, 0) is 0 Å². The summed E-state index contributed by atoms with van der Waals surface area (Å²) in [5.41, 5.74) is 6.36. The summed E-state index contributed by atoms with van der Waals surface area (Å²) in [6.07, 6.45) is 10.0. The van der Waals surface area contributed by atoms with E-state index in [1.165, 1.54) is 97.3 Å². The lowest BCUT2D eigenvalue weighted by Gasteiger charge is -2.36. The molecule has 0 aliphatic carbocycles. The number of nitrogens with zero attached hydrogens (tertiary/aromatic N) is 5. The fourth-order valence-corrected chi connectivity index (χ4v) is 5.30. The van der Waals surface area contributed by atoms with Gasteiger partial charge in [-0.2, -0.15) is 0 Å². The zero-order chi connectivity index (χ0) is 27.0. The fourth-order valence-electron chi connectivity index (χ4n) is 5.30.